The highest BCUT2D eigenvalue weighted by atomic mass is 16.2. The van der Waals surface area contributed by atoms with E-state index in [2.05, 4.69) is 10.6 Å². The van der Waals surface area contributed by atoms with Gasteiger partial charge in [-0.2, -0.15) is 0 Å². The van der Waals surface area contributed by atoms with Gasteiger partial charge in [0.2, 0.25) is 11.8 Å². The normalized spacial score (nSPS) is 12.7. The fraction of sp³-hybridized carbons (Fsp3) is 0.250. The molecule has 2 rings (SSSR count). The van der Waals surface area contributed by atoms with E-state index in [0.29, 0.717) is 16.8 Å². The van der Waals surface area contributed by atoms with Crippen LogP contribution in [-0.2, 0) is 4.79 Å². The lowest BCUT2D eigenvalue weighted by Gasteiger charge is -2.23. The van der Waals surface area contributed by atoms with Crippen LogP contribution in [0.4, 0.5) is 5.69 Å². The molecule has 136 valence electrons. The zero-order valence-electron chi connectivity index (χ0n) is 14.9. The third kappa shape index (κ3) is 4.92. The van der Waals surface area contributed by atoms with Crippen molar-refractivity contribution >= 4 is 23.4 Å². The van der Waals surface area contributed by atoms with E-state index in [1.807, 2.05) is 19.9 Å². The summed E-state index contributed by atoms with van der Waals surface area (Å²) in [5.74, 6) is -1.19. The molecule has 0 radical (unpaired) electrons. The van der Waals surface area contributed by atoms with Crippen LogP contribution in [0.5, 0.6) is 0 Å². The number of carbonyl (C=O) groups is 3. The Hall–Kier alpha value is -3.15. The Morgan fingerprint density at radius 1 is 0.962 bits per heavy atom. The van der Waals surface area contributed by atoms with Crippen LogP contribution >= 0.6 is 0 Å². The van der Waals surface area contributed by atoms with Crippen molar-refractivity contribution in [2.45, 2.75) is 26.3 Å². The lowest BCUT2D eigenvalue weighted by molar-refractivity contribution is -0.119. The minimum absolute atomic E-state index is 0.0486. The summed E-state index contributed by atoms with van der Waals surface area (Å²) in [6.45, 7) is 3.87. The molecule has 0 unspecified atom stereocenters. The van der Waals surface area contributed by atoms with E-state index < -0.39 is 11.9 Å². The van der Waals surface area contributed by atoms with Crippen molar-refractivity contribution in [3.63, 3.8) is 0 Å². The van der Waals surface area contributed by atoms with Gasteiger partial charge in [0.05, 0.1) is 0 Å². The van der Waals surface area contributed by atoms with Gasteiger partial charge >= 0.3 is 0 Å². The number of carbonyl (C=O) groups excluding carboxylic acids is 3. The Morgan fingerprint density at radius 3 is 2.12 bits per heavy atom. The minimum atomic E-state index is -0.677. The number of rotatable bonds is 7. The SMILES string of the molecule is CC[C@H](C)[C@H](NC(=O)c1ccccc1)C(=O)Nc1ccc(C(N)=O)cc1. The number of hydrogen-bond acceptors (Lipinski definition) is 3. The van der Waals surface area contributed by atoms with E-state index in [1.54, 1.807) is 48.5 Å². The molecule has 0 saturated carbocycles. The summed E-state index contributed by atoms with van der Waals surface area (Å²) < 4.78 is 0. The third-order valence-electron chi connectivity index (χ3n) is 4.25. The first kappa shape index (κ1) is 19.2. The summed E-state index contributed by atoms with van der Waals surface area (Å²) in [5, 5.41) is 5.58. The molecule has 0 spiro atoms. The van der Waals surface area contributed by atoms with Crippen molar-refractivity contribution in [1.29, 1.82) is 0 Å². The first-order chi connectivity index (χ1) is 12.4. The first-order valence-electron chi connectivity index (χ1n) is 8.49. The quantitative estimate of drug-likeness (QED) is 0.713. The van der Waals surface area contributed by atoms with Gasteiger partial charge in [0.1, 0.15) is 6.04 Å². The third-order valence-corrected chi connectivity index (χ3v) is 4.25. The fourth-order valence-electron chi connectivity index (χ4n) is 2.45. The molecule has 2 aromatic carbocycles. The van der Waals surface area contributed by atoms with Crippen molar-refractivity contribution in [2.24, 2.45) is 11.7 Å². The molecule has 0 aliphatic carbocycles. The Morgan fingerprint density at radius 2 is 1.58 bits per heavy atom. The monoisotopic (exact) mass is 353 g/mol. The van der Waals surface area contributed by atoms with Gasteiger partial charge in [-0.15, -0.1) is 0 Å². The molecule has 0 bridgehead atoms. The highest BCUT2D eigenvalue weighted by Gasteiger charge is 2.26. The van der Waals surface area contributed by atoms with Gasteiger partial charge in [0, 0.05) is 16.8 Å². The molecule has 3 amide bonds. The number of primary amides is 1. The largest absolute Gasteiger partial charge is 0.366 e. The summed E-state index contributed by atoms with van der Waals surface area (Å²) in [5.41, 5.74) is 6.60. The zero-order chi connectivity index (χ0) is 19.1. The molecule has 6 heteroatoms. The molecule has 0 aliphatic rings. The van der Waals surface area contributed by atoms with Crippen LogP contribution in [0.15, 0.2) is 54.6 Å². The van der Waals surface area contributed by atoms with E-state index in [-0.39, 0.29) is 17.7 Å². The first-order valence-corrected chi connectivity index (χ1v) is 8.49. The number of nitrogens with two attached hydrogens (primary N) is 1. The number of nitrogens with one attached hydrogen (secondary N) is 2. The van der Waals surface area contributed by atoms with Crippen molar-refractivity contribution in [1.82, 2.24) is 5.32 Å². The van der Waals surface area contributed by atoms with E-state index in [0.717, 1.165) is 6.42 Å². The highest BCUT2D eigenvalue weighted by molar-refractivity contribution is 6.01. The van der Waals surface area contributed by atoms with Crippen LogP contribution in [0, 0.1) is 5.92 Å². The molecule has 4 N–H and O–H groups in total. The van der Waals surface area contributed by atoms with Crippen LogP contribution in [-0.4, -0.2) is 23.8 Å². The molecule has 0 aliphatic heterocycles. The molecule has 0 heterocycles. The Bertz CT molecular complexity index is 773. The summed E-state index contributed by atoms with van der Waals surface area (Å²) >= 11 is 0. The lowest BCUT2D eigenvalue weighted by Crippen LogP contribution is -2.47. The molecular formula is C20H23N3O3. The molecule has 6 nitrogen and oxygen atoms in total. The molecule has 2 atom stereocenters. The maximum Gasteiger partial charge on any atom is 0.251 e. The van der Waals surface area contributed by atoms with Crippen LogP contribution in [0.3, 0.4) is 0 Å². The van der Waals surface area contributed by atoms with Crippen molar-refractivity contribution < 1.29 is 14.4 Å². The van der Waals surface area contributed by atoms with Gasteiger partial charge in [-0.05, 0) is 42.3 Å². The minimum Gasteiger partial charge on any atom is -0.366 e. The predicted octanol–water partition coefficient (Wildman–Crippen LogP) is 2.57. The second-order valence-corrected chi connectivity index (χ2v) is 6.13. The van der Waals surface area contributed by atoms with Gasteiger partial charge in [-0.25, -0.2) is 0 Å². The zero-order valence-corrected chi connectivity index (χ0v) is 14.9. The number of benzene rings is 2. The molecule has 0 fully saturated rings. The van der Waals surface area contributed by atoms with Crippen LogP contribution < -0.4 is 16.4 Å². The summed E-state index contributed by atoms with van der Waals surface area (Å²) in [6.07, 6.45) is 0.730. The highest BCUT2D eigenvalue weighted by Crippen LogP contribution is 2.14. The number of anilines is 1. The van der Waals surface area contributed by atoms with Gasteiger partial charge in [0.25, 0.3) is 5.91 Å². The van der Waals surface area contributed by atoms with Gasteiger partial charge in [-0.3, -0.25) is 14.4 Å². The van der Waals surface area contributed by atoms with E-state index >= 15 is 0 Å². The van der Waals surface area contributed by atoms with Crippen molar-refractivity contribution in [3.8, 4) is 0 Å². The predicted molar refractivity (Wildman–Crippen MR) is 101 cm³/mol. The molecule has 26 heavy (non-hydrogen) atoms. The van der Waals surface area contributed by atoms with E-state index in [1.165, 1.54) is 0 Å². The average Bonchev–Trinajstić information content (AvgIpc) is 2.66. The summed E-state index contributed by atoms with van der Waals surface area (Å²) in [6, 6.07) is 14.4. The molecule has 2 aromatic rings. The van der Waals surface area contributed by atoms with Crippen LogP contribution in [0.1, 0.15) is 41.0 Å². The summed E-state index contributed by atoms with van der Waals surface area (Å²) in [7, 11) is 0. The molecule has 0 saturated heterocycles. The van der Waals surface area contributed by atoms with E-state index in [4.69, 9.17) is 5.73 Å². The second kappa shape index (κ2) is 8.80. The number of hydrogen-bond donors (Lipinski definition) is 3. The second-order valence-electron chi connectivity index (χ2n) is 6.13. The van der Waals surface area contributed by atoms with Crippen molar-refractivity contribution in [3.05, 3.63) is 65.7 Å². The molecule has 0 aromatic heterocycles. The Balaban J connectivity index is 2.11. The van der Waals surface area contributed by atoms with E-state index in [9.17, 15) is 14.4 Å². The maximum absolute atomic E-state index is 12.7. The van der Waals surface area contributed by atoms with Crippen molar-refractivity contribution in [2.75, 3.05) is 5.32 Å². The number of amides is 3. The standard InChI is InChI=1S/C20H23N3O3/c1-3-13(2)17(23-19(25)15-7-5-4-6-8-15)20(26)22-16-11-9-14(10-12-16)18(21)24/h4-13,17H,3H2,1-2H3,(H2,21,24)(H,22,26)(H,23,25)/t13-,17-/m0/s1. The summed E-state index contributed by atoms with van der Waals surface area (Å²) in [4.78, 5) is 36.2. The van der Waals surface area contributed by atoms with Gasteiger partial charge < -0.3 is 16.4 Å². The average molecular weight is 353 g/mol. The fourth-order valence-corrected chi connectivity index (χ4v) is 2.45. The lowest BCUT2D eigenvalue weighted by atomic mass is 9.97. The van der Waals surface area contributed by atoms with Gasteiger partial charge in [0.15, 0.2) is 0 Å². The van der Waals surface area contributed by atoms with Crippen LogP contribution in [0.2, 0.25) is 0 Å². The maximum atomic E-state index is 12.7. The topological polar surface area (TPSA) is 101 Å². The van der Waals surface area contributed by atoms with Crippen LogP contribution in [0.25, 0.3) is 0 Å². The Kier molecular flexibility index (Phi) is 6.49. The van der Waals surface area contributed by atoms with Gasteiger partial charge in [-0.1, -0.05) is 38.5 Å². The smallest absolute Gasteiger partial charge is 0.251 e. The Labute approximate surface area is 152 Å². The molecular weight excluding hydrogens is 330 g/mol.